The lowest BCUT2D eigenvalue weighted by molar-refractivity contribution is 0.0484. The Kier molecular flexibility index (Phi) is 3.56. The summed E-state index contributed by atoms with van der Waals surface area (Å²) in [7, 11) is 0. The smallest absolute Gasteiger partial charge is 0.270 e. The Morgan fingerprint density at radius 3 is 2.62 bits per heavy atom. The molecule has 2 rings (SSSR count). The van der Waals surface area contributed by atoms with E-state index in [-0.39, 0.29) is 11.9 Å². The fourth-order valence-corrected chi connectivity index (χ4v) is 2.58. The number of nitrogens with zero attached hydrogens (tertiary/aromatic N) is 1. The van der Waals surface area contributed by atoms with Gasteiger partial charge in [-0.15, -0.1) is 0 Å². The van der Waals surface area contributed by atoms with Gasteiger partial charge in [-0.25, -0.2) is 0 Å². The van der Waals surface area contributed by atoms with Crippen LogP contribution in [0, 0.1) is 3.57 Å². The zero-order valence-electron chi connectivity index (χ0n) is 9.66. The van der Waals surface area contributed by atoms with Crippen molar-refractivity contribution in [1.29, 1.82) is 0 Å². The van der Waals surface area contributed by atoms with E-state index < -0.39 is 0 Å². The molecule has 0 aromatic carbocycles. The molecular weight excluding hydrogens is 315 g/mol. The van der Waals surface area contributed by atoms with Gasteiger partial charge in [-0.05, 0) is 61.8 Å². The van der Waals surface area contributed by atoms with E-state index in [1.807, 2.05) is 17.2 Å². The minimum Gasteiger partial charge on any atom is -0.356 e. The maximum absolute atomic E-state index is 12.3. The van der Waals surface area contributed by atoms with Crippen LogP contribution >= 0.6 is 22.6 Å². The van der Waals surface area contributed by atoms with Crippen LogP contribution in [0.5, 0.6) is 0 Å². The molecule has 16 heavy (non-hydrogen) atoms. The third kappa shape index (κ3) is 2.26. The highest BCUT2D eigenvalue weighted by Crippen LogP contribution is 2.27. The first-order valence-electron chi connectivity index (χ1n) is 5.76. The Bertz CT molecular complexity index is 382. The summed E-state index contributed by atoms with van der Waals surface area (Å²) >= 11 is 2.21. The van der Waals surface area contributed by atoms with Gasteiger partial charge in [0.05, 0.1) is 0 Å². The summed E-state index contributed by atoms with van der Waals surface area (Å²) in [5.74, 6) is 0.141. The highest BCUT2D eigenvalue weighted by atomic mass is 127. The second-order valence-electron chi connectivity index (χ2n) is 4.62. The van der Waals surface area contributed by atoms with E-state index in [0.29, 0.717) is 11.7 Å². The SMILES string of the molecule is CC(C)N(C(=O)c1cc(I)c[nH]1)C1CCC1. The lowest BCUT2D eigenvalue weighted by Gasteiger charge is -2.40. The number of amides is 1. The summed E-state index contributed by atoms with van der Waals surface area (Å²) in [5.41, 5.74) is 0.713. The second-order valence-corrected chi connectivity index (χ2v) is 5.87. The van der Waals surface area contributed by atoms with Gasteiger partial charge in [0.2, 0.25) is 0 Å². The molecule has 0 unspecified atom stereocenters. The summed E-state index contributed by atoms with van der Waals surface area (Å²) in [4.78, 5) is 17.4. The molecule has 1 fully saturated rings. The standard InChI is InChI=1S/C12H17IN2O/c1-8(2)15(10-4-3-5-10)12(16)11-6-9(13)7-14-11/h6-8,10,14H,3-5H2,1-2H3. The molecule has 1 saturated carbocycles. The second kappa shape index (κ2) is 4.77. The highest BCUT2D eigenvalue weighted by molar-refractivity contribution is 14.1. The number of rotatable bonds is 3. The van der Waals surface area contributed by atoms with Gasteiger partial charge < -0.3 is 9.88 Å². The van der Waals surface area contributed by atoms with Gasteiger partial charge in [0.25, 0.3) is 5.91 Å². The Morgan fingerprint density at radius 2 is 2.25 bits per heavy atom. The van der Waals surface area contributed by atoms with Crippen LogP contribution in [-0.2, 0) is 0 Å². The Labute approximate surface area is 110 Å². The van der Waals surface area contributed by atoms with Gasteiger partial charge in [-0.2, -0.15) is 0 Å². The first-order chi connectivity index (χ1) is 7.59. The Morgan fingerprint density at radius 1 is 1.56 bits per heavy atom. The van der Waals surface area contributed by atoms with Crippen LogP contribution in [-0.4, -0.2) is 27.9 Å². The third-order valence-electron chi connectivity index (χ3n) is 3.14. The maximum Gasteiger partial charge on any atom is 0.270 e. The van der Waals surface area contributed by atoms with Crippen molar-refractivity contribution in [2.24, 2.45) is 0 Å². The van der Waals surface area contributed by atoms with Crippen molar-refractivity contribution in [3.8, 4) is 0 Å². The maximum atomic E-state index is 12.3. The van der Waals surface area contributed by atoms with Gasteiger partial charge in [0.15, 0.2) is 0 Å². The summed E-state index contributed by atoms with van der Waals surface area (Å²) in [6, 6.07) is 2.64. The molecule has 1 heterocycles. The number of aromatic amines is 1. The van der Waals surface area contributed by atoms with Crippen molar-refractivity contribution in [2.75, 3.05) is 0 Å². The molecule has 1 aliphatic carbocycles. The molecule has 0 radical (unpaired) electrons. The van der Waals surface area contributed by atoms with Crippen LogP contribution in [0.4, 0.5) is 0 Å². The lowest BCUT2D eigenvalue weighted by atomic mass is 9.90. The van der Waals surface area contributed by atoms with Crippen molar-refractivity contribution in [3.05, 3.63) is 21.5 Å². The van der Waals surface area contributed by atoms with E-state index in [4.69, 9.17) is 0 Å². The summed E-state index contributed by atoms with van der Waals surface area (Å²) < 4.78 is 1.08. The molecule has 4 heteroatoms. The fourth-order valence-electron chi connectivity index (χ4n) is 2.12. The number of nitrogens with one attached hydrogen (secondary N) is 1. The predicted molar refractivity (Wildman–Crippen MR) is 72.5 cm³/mol. The first kappa shape index (κ1) is 12.0. The molecule has 1 aromatic heterocycles. The number of halogens is 1. The fraction of sp³-hybridized carbons (Fsp3) is 0.583. The molecule has 3 nitrogen and oxygen atoms in total. The van der Waals surface area contributed by atoms with Crippen LogP contribution in [0.1, 0.15) is 43.6 Å². The summed E-state index contributed by atoms with van der Waals surface area (Å²) in [6.45, 7) is 4.17. The molecule has 1 aromatic rings. The van der Waals surface area contributed by atoms with E-state index >= 15 is 0 Å². The van der Waals surface area contributed by atoms with Gasteiger partial charge in [-0.3, -0.25) is 4.79 Å². The van der Waals surface area contributed by atoms with Crippen molar-refractivity contribution in [2.45, 2.75) is 45.2 Å². The molecule has 0 bridgehead atoms. The van der Waals surface area contributed by atoms with Gasteiger partial charge in [0.1, 0.15) is 5.69 Å². The molecule has 0 aliphatic heterocycles. The van der Waals surface area contributed by atoms with Crippen LogP contribution in [0.15, 0.2) is 12.3 Å². The van der Waals surface area contributed by atoms with E-state index in [0.717, 1.165) is 16.4 Å². The number of carbonyl (C=O) groups is 1. The molecule has 1 N–H and O–H groups in total. The normalized spacial score (nSPS) is 16.2. The quantitative estimate of drug-likeness (QED) is 0.849. The number of hydrogen-bond acceptors (Lipinski definition) is 1. The largest absolute Gasteiger partial charge is 0.356 e. The molecule has 0 saturated heterocycles. The minimum atomic E-state index is 0.141. The van der Waals surface area contributed by atoms with Crippen molar-refractivity contribution >= 4 is 28.5 Å². The number of H-pyrrole nitrogens is 1. The van der Waals surface area contributed by atoms with Crippen LogP contribution in [0.3, 0.4) is 0 Å². The zero-order chi connectivity index (χ0) is 11.7. The van der Waals surface area contributed by atoms with Crippen LogP contribution in [0.25, 0.3) is 0 Å². The van der Waals surface area contributed by atoms with E-state index in [9.17, 15) is 4.79 Å². The zero-order valence-corrected chi connectivity index (χ0v) is 11.8. The van der Waals surface area contributed by atoms with Crippen LogP contribution < -0.4 is 0 Å². The molecule has 88 valence electrons. The minimum absolute atomic E-state index is 0.141. The van der Waals surface area contributed by atoms with Gasteiger partial charge in [-0.1, -0.05) is 0 Å². The topological polar surface area (TPSA) is 36.1 Å². The van der Waals surface area contributed by atoms with Crippen molar-refractivity contribution in [3.63, 3.8) is 0 Å². The summed E-state index contributed by atoms with van der Waals surface area (Å²) in [5, 5.41) is 0. The van der Waals surface area contributed by atoms with E-state index in [1.165, 1.54) is 6.42 Å². The van der Waals surface area contributed by atoms with Gasteiger partial charge in [0, 0.05) is 21.9 Å². The van der Waals surface area contributed by atoms with Gasteiger partial charge >= 0.3 is 0 Å². The highest BCUT2D eigenvalue weighted by Gasteiger charge is 2.31. The molecule has 1 aliphatic rings. The Hall–Kier alpha value is -0.520. The van der Waals surface area contributed by atoms with Crippen molar-refractivity contribution < 1.29 is 4.79 Å². The molecule has 0 atom stereocenters. The molecule has 1 amide bonds. The number of aromatic nitrogens is 1. The average Bonchev–Trinajstić information content (AvgIpc) is 2.56. The van der Waals surface area contributed by atoms with E-state index in [2.05, 4.69) is 41.4 Å². The predicted octanol–water partition coefficient (Wildman–Crippen LogP) is 3.02. The summed E-state index contributed by atoms with van der Waals surface area (Å²) in [6.07, 6.45) is 5.43. The van der Waals surface area contributed by atoms with Crippen molar-refractivity contribution in [1.82, 2.24) is 9.88 Å². The third-order valence-corrected chi connectivity index (χ3v) is 3.76. The number of hydrogen-bond donors (Lipinski definition) is 1. The average molecular weight is 332 g/mol. The monoisotopic (exact) mass is 332 g/mol. The van der Waals surface area contributed by atoms with Crippen LogP contribution in [0.2, 0.25) is 0 Å². The molecular formula is C12H17IN2O. The lowest BCUT2D eigenvalue weighted by Crippen LogP contribution is -2.48. The number of carbonyl (C=O) groups excluding carboxylic acids is 1. The molecule has 0 spiro atoms. The van der Waals surface area contributed by atoms with E-state index in [1.54, 1.807) is 0 Å². The Balaban J connectivity index is 2.16. The first-order valence-corrected chi connectivity index (χ1v) is 6.84.